The molecule has 2 aromatic rings. The SMILES string of the molecule is CC(C)(C)NCc1cnnn1-c1c(F)cccc1Cl. The average Bonchev–Trinajstić information content (AvgIpc) is 2.73. The third-order valence-corrected chi connectivity index (χ3v) is 2.87. The lowest BCUT2D eigenvalue weighted by Gasteiger charge is -2.20. The van der Waals surface area contributed by atoms with Crippen molar-refractivity contribution in [2.24, 2.45) is 0 Å². The first-order valence-electron chi connectivity index (χ1n) is 5.97. The van der Waals surface area contributed by atoms with Crippen molar-refractivity contribution >= 4 is 11.6 Å². The summed E-state index contributed by atoms with van der Waals surface area (Å²) in [5.41, 5.74) is 0.933. The molecule has 1 aromatic carbocycles. The van der Waals surface area contributed by atoms with Crippen molar-refractivity contribution in [3.8, 4) is 5.69 Å². The predicted octanol–water partition coefficient (Wildman–Crippen LogP) is 2.95. The van der Waals surface area contributed by atoms with Gasteiger partial charge in [0.2, 0.25) is 0 Å². The molecule has 0 radical (unpaired) electrons. The summed E-state index contributed by atoms with van der Waals surface area (Å²) in [5, 5.41) is 11.4. The van der Waals surface area contributed by atoms with Gasteiger partial charge >= 0.3 is 0 Å². The summed E-state index contributed by atoms with van der Waals surface area (Å²) in [5.74, 6) is -0.421. The molecule has 0 bridgehead atoms. The average molecular weight is 283 g/mol. The van der Waals surface area contributed by atoms with Crippen LogP contribution in [-0.2, 0) is 6.54 Å². The van der Waals surface area contributed by atoms with Gasteiger partial charge in [-0.25, -0.2) is 9.07 Å². The van der Waals surface area contributed by atoms with E-state index in [9.17, 15) is 4.39 Å². The molecule has 6 heteroatoms. The van der Waals surface area contributed by atoms with E-state index in [1.807, 2.05) is 0 Å². The van der Waals surface area contributed by atoms with Crippen LogP contribution in [0.4, 0.5) is 4.39 Å². The Hall–Kier alpha value is -1.46. The molecule has 0 spiro atoms. The Labute approximate surface area is 116 Å². The Balaban J connectivity index is 2.34. The summed E-state index contributed by atoms with van der Waals surface area (Å²) < 4.78 is 15.3. The number of rotatable bonds is 3. The first-order valence-corrected chi connectivity index (χ1v) is 6.35. The van der Waals surface area contributed by atoms with Crippen molar-refractivity contribution in [1.82, 2.24) is 20.3 Å². The number of nitrogens with zero attached hydrogens (tertiary/aromatic N) is 3. The van der Waals surface area contributed by atoms with Gasteiger partial charge < -0.3 is 5.32 Å². The lowest BCUT2D eigenvalue weighted by atomic mass is 10.1. The fraction of sp³-hybridized carbons (Fsp3) is 0.385. The summed E-state index contributed by atoms with van der Waals surface area (Å²) in [4.78, 5) is 0. The van der Waals surface area contributed by atoms with Crippen LogP contribution >= 0.6 is 11.6 Å². The van der Waals surface area contributed by atoms with Crippen LogP contribution in [0.25, 0.3) is 5.69 Å². The topological polar surface area (TPSA) is 42.7 Å². The van der Waals surface area contributed by atoms with Crippen molar-refractivity contribution in [3.63, 3.8) is 0 Å². The third kappa shape index (κ3) is 3.30. The molecule has 1 N–H and O–H groups in total. The number of nitrogens with one attached hydrogen (secondary N) is 1. The molecule has 1 heterocycles. The van der Waals surface area contributed by atoms with E-state index in [2.05, 4.69) is 36.4 Å². The van der Waals surface area contributed by atoms with Crippen molar-refractivity contribution in [3.05, 3.63) is 40.9 Å². The van der Waals surface area contributed by atoms with Crippen molar-refractivity contribution in [2.75, 3.05) is 0 Å². The third-order valence-electron chi connectivity index (χ3n) is 2.57. The number of para-hydroxylation sites is 1. The molecule has 0 saturated heterocycles. The summed E-state index contributed by atoms with van der Waals surface area (Å²) in [6, 6.07) is 4.54. The van der Waals surface area contributed by atoms with E-state index in [-0.39, 0.29) is 11.2 Å². The molecule has 4 nitrogen and oxygen atoms in total. The molecule has 0 aliphatic rings. The monoisotopic (exact) mass is 282 g/mol. The highest BCUT2D eigenvalue weighted by Crippen LogP contribution is 2.23. The van der Waals surface area contributed by atoms with Crippen molar-refractivity contribution in [1.29, 1.82) is 0 Å². The van der Waals surface area contributed by atoms with Crippen LogP contribution in [0.5, 0.6) is 0 Å². The van der Waals surface area contributed by atoms with E-state index < -0.39 is 5.82 Å². The van der Waals surface area contributed by atoms with Gasteiger partial charge in [0.05, 0.1) is 16.9 Å². The van der Waals surface area contributed by atoms with Gasteiger partial charge in [0.15, 0.2) is 0 Å². The summed E-state index contributed by atoms with van der Waals surface area (Å²) in [7, 11) is 0. The lowest BCUT2D eigenvalue weighted by Crippen LogP contribution is -2.35. The summed E-state index contributed by atoms with van der Waals surface area (Å²) in [6.45, 7) is 6.69. The fourth-order valence-electron chi connectivity index (χ4n) is 1.61. The number of aromatic nitrogens is 3. The Morgan fingerprint density at radius 3 is 2.74 bits per heavy atom. The molecule has 0 aliphatic carbocycles. The second kappa shape index (κ2) is 5.27. The van der Waals surface area contributed by atoms with Gasteiger partial charge in [-0.3, -0.25) is 0 Å². The molecule has 2 rings (SSSR count). The zero-order chi connectivity index (χ0) is 14.0. The number of halogens is 2. The highest BCUT2D eigenvalue weighted by Gasteiger charge is 2.16. The van der Waals surface area contributed by atoms with E-state index >= 15 is 0 Å². The van der Waals surface area contributed by atoms with Gasteiger partial charge in [-0.05, 0) is 32.9 Å². The Bertz CT molecular complexity index is 554. The summed E-state index contributed by atoms with van der Waals surface area (Å²) >= 11 is 6.03. The smallest absolute Gasteiger partial charge is 0.150 e. The Morgan fingerprint density at radius 2 is 2.11 bits per heavy atom. The maximum atomic E-state index is 13.9. The fourth-order valence-corrected chi connectivity index (χ4v) is 1.86. The van der Waals surface area contributed by atoms with Crippen LogP contribution in [0.15, 0.2) is 24.4 Å². The van der Waals surface area contributed by atoms with Gasteiger partial charge in [-0.15, -0.1) is 5.10 Å². The minimum Gasteiger partial charge on any atom is -0.306 e. The van der Waals surface area contributed by atoms with Crippen LogP contribution in [-0.4, -0.2) is 20.5 Å². The van der Waals surface area contributed by atoms with Crippen LogP contribution in [0, 0.1) is 5.82 Å². The summed E-state index contributed by atoms with van der Waals surface area (Å²) in [6.07, 6.45) is 1.60. The predicted molar refractivity (Wildman–Crippen MR) is 72.9 cm³/mol. The van der Waals surface area contributed by atoms with Crippen LogP contribution in [0.2, 0.25) is 5.02 Å². The van der Waals surface area contributed by atoms with E-state index in [4.69, 9.17) is 11.6 Å². The Kier molecular flexibility index (Phi) is 3.87. The Morgan fingerprint density at radius 1 is 1.37 bits per heavy atom. The maximum Gasteiger partial charge on any atom is 0.150 e. The van der Waals surface area contributed by atoms with Gasteiger partial charge in [-0.2, -0.15) is 0 Å². The second-order valence-electron chi connectivity index (χ2n) is 5.31. The van der Waals surface area contributed by atoms with Gasteiger partial charge in [0.1, 0.15) is 11.5 Å². The lowest BCUT2D eigenvalue weighted by molar-refractivity contribution is 0.418. The van der Waals surface area contributed by atoms with E-state index in [0.717, 1.165) is 5.69 Å². The zero-order valence-electron chi connectivity index (χ0n) is 11.1. The molecule has 0 saturated carbocycles. The van der Waals surface area contributed by atoms with Crippen LogP contribution in [0.3, 0.4) is 0 Å². The maximum absolute atomic E-state index is 13.9. The standard InChI is InChI=1S/C13H16ClFN4/c1-13(2,3)16-7-9-8-17-18-19(9)12-10(14)5-4-6-11(12)15/h4-6,8,16H,7H2,1-3H3. The largest absolute Gasteiger partial charge is 0.306 e. The molecule has 102 valence electrons. The molecule has 0 aliphatic heterocycles. The van der Waals surface area contributed by atoms with Gasteiger partial charge in [0.25, 0.3) is 0 Å². The van der Waals surface area contributed by atoms with Crippen LogP contribution < -0.4 is 5.32 Å². The molecule has 0 unspecified atom stereocenters. The normalized spacial score (nSPS) is 11.8. The molecule has 0 fully saturated rings. The highest BCUT2D eigenvalue weighted by molar-refractivity contribution is 6.32. The van der Waals surface area contributed by atoms with Crippen molar-refractivity contribution in [2.45, 2.75) is 32.9 Å². The molecular formula is C13H16ClFN4. The minimum atomic E-state index is -0.421. The molecule has 0 atom stereocenters. The molecule has 0 amide bonds. The zero-order valence-corrected chi connectivity index (χ0v) is 11.9. The van der Waals surface area contributed by atoms with Gasteiger partial charge in [-0.1, -0.05) is 22.9 Å². The number of hydrogen-bond donors (Lipinski definition) is 1. The van der Waals surface area contributed by atoms with E-state index in [1.165, 1.54) is 10.7 Å². The molecule has 1 aromatic heterocycles. The van der Waals surface area contributed by atoms with Gasteiger partial charge in [0, 0.05) is 12.1 Å². The van der Waals surface area contributed by atoms with E-state index in [0.29, 0.717) is 11.6 Å². The quantitative estimate of drug-likeness (QED) is 0.941. The first kappa shape index (κ1) is 14.0. The molecular weight excluding hydrogens is 267 g/mol. The highest BCUT2D eigenvalue weighted by atomic mass is 35.5. The minimum absolute atomic E-state index is 0.0475. The second-order valence-corrected chi connectivity index (χ2v) is 5.72. The van der Waals surface area contributed by atoms with Crippen molar-refractivity contribution < 1.29 is 4.39 Å². The molecule has 19 heavy (non-hydrogen) atoms. The van der Waals surface area contributed by atoms with Crippen LogP contribution in [0.1, 0.15) is 26.5 Å². The van der Waals surface area contributed by atoms with E-state index in [1.54, 1.807) is 18.3 Å². The number of benzene rings is 1. The first-order chi connectivity index (χ1) is 8.88. The number of hydrogen-bond acceptors (Lipinski definition) is 3.